The van der Waals surface area contributed by atoms with Crippen LogP contribution in [0, 0.1) is 5.92 Å². The van der Waals surface area contributed by atoms with Gasteiger partial charge < -0.3 is 5.11 Å². The van der Waals surface area contributed by atoms with Gasteiger partial charge in [-0.2, -0.15) is 18.3 Å². The zero-order valence-corrected chi connectivity index (χ0v) is 9.06. The number of hydrogen-bond acceptors (Lipinski definition) is 3. The van der Waals surface area contributed by atoms with Crippen LogP contribution in [0.1, 0.15) is 20.3 Å². The molecule has 0 aromatic heterocycles. The Balaban J connectivity index is 3.03. The maximum absolute atomic E-state index is 12.6. The number of aliphatic hydroxyl groups is 1. The van der Waals surface area contributed by atoms with Crippen LogP contribution in [-0.4, -0.2) is 33.2 Å². The van der Waals surface area contributed by atoms with E-state index >= 15 is 0 Å². The molecule has 0 spiro atoms. The minimum Gasteiger partial charge on any atom is -0.362 e. The maximum atomic E-state index is 12.6. The second-order valence-corrected chi connectivity index (χ2v) is 3.90. The number of alkyl halides is 3. The SMILES string of the molecule is CC(C)C1=NN(C=S)C(O)(C(F)(F)F)C1. The molecule has 0 saturated carbocycles. The molecule has 1 N–H and O–H groups in total. The Morgan fingerprint density at radius 2 is 2.13 bits per heavy atom. The monoisotopic (exact) mass is 240 g/mol. The van der Waals surface area contributed by atoms with Gasteiger partial charge in [0, 0.05) is 12.1 Å². The lowest BCUT2D eigenvalue weighted by Crippen LogP contribution is -2.54. The number of hydrogen-bond donors (Lipinski definition) is 1. The number of hydrazone groups is 1. The summed E-state index contributed by atoms with van der Waals surface area (Å²) in [6, 6.07) is 0. The number of halogens is 3. The van der Waals surface area contributed by atoms with Crippen molar-refractivity contribution in [3.05, 3.63) is 0 Å². The summed E-state index contributed by atoms with van der Waals surface area (Å²) in [5.41, 5.74) is -1.98. The van der Waals surface area contributed by atoms with E-state index in [0.29, 0.717) is 10.5 Å². The molecule has 0 amide bonds. The number of rotatable bonds is 2. The first-order valence-electron chi connectivity index (χ1n) is 4.33. The Morgan fingerprint density at radius 1 is 1.60 bits per heavy atom. The molecule has 7 heteroatoms. The van der Waals surface area contributed by atoms with Gasteiger partial charge in [-0.15, -0.1) is 0 Å². The first kappa shape index (κ1) is 12.4. The summed E-state index contributed by atoms with van der Waals surface area (Å²) in [5, 5.41) is 13.5. The average molecular weight is 240 g/mol. The smallest absolute Gasteiger partial charge is 0.362 e. The van der Waals surface area contributed by atoms with E-state index in [-0.39, 0.29) is 11.6 Å². The molecule has 0 radical (unpaired) electrons. The van der Waals surface area contributed by atoms with E-state index in [9.17, 15) is 18.3 Å². The molecule has 15 heavy (non-hydrogen) atoms. The van der Waals surface area contributed by atoms with Gasteiger partial charge in [-0.1, -0.05) is 26.1 Å². The molecule has 86 valence electrons. The molecule has 1 unspecified atom stereocenters. The van der Waals surface area contributed by atoms with Crippen LogP contribution in [0.3, 0.4) is 0 Å². The van der Waals surface area contributed by atoms with Gasteiger partial charge in [0.1, 0.15) is 0 Å². The molecule has 0 bridgehead atoms. The predicted octanol–water partition coefficient (Wildman–Crippen LogP) is 1.91. The lowest BCUT2D eigenvalue weighted by Gasteiger charge is -2.31. The largest absolute Gasteiger partial charge is 0.438 e. The van der Waals surface area contributed by atoms with Crippen LogP contribution in [-0.2, 0) is 0 Å². The van der Waals surface area contributed by atoms with Gasteiger partial charge in [-0.3, -0.25) is 0 Å². The summed E-state index contributed by atoms with van der Waals surface area (Å²) >= 11 is 4.40. The average Bonchev–Trinajstić information content (AvgIpc) is 2.43. The van der Waals surface area contributed by atoms with Gasteiger partial charge in [-0.05, 0) is 5.92 Å². The van der Waals surface area contributed by atoms with Crippen molar-refractivity contribution in [3.63, 3.8) is 0 Å². The van der Waals surface area contributed by atoms with Crippen LogP contribution in [0.15, 0.2) is 5.10 Å². The molecule has 1 aliphatic heterocycles. The minimum absolute atomic E-state index is 0.154. The van der Waals surface area contributed by atoms with Crippen molar-refractivity contribution < 1.29 is 18.3 Å². The van der Waals surface area contributed by atoms with Crippen molar-refractivity contribution in [3.8, 4) is 0 Å². The lowest BCUT2D eigenvalue weighted by molar-refractivity contribution is -0.293. The van der Waals surface area contributed by atoms with Crippen LogP contribution in [0.5, 0.6) is 0 Å². The van der Waals surface area contributed by atoms with Crippen LogP contribution >= 0.6 is 12.2 Å². The highest BCUT2D eigenvalue weighted by atomic mass is 32.1. The fourth-order valence-electron chi connectivity index (χ4n) is 1.25. The standard InChI is InChI=1S/C8H11F3N2OS/c1-5(2)6-3-7(14,8(9,10)11)13(4-15)12-6/h4-5,14H,3H2,1-2H3. The van der Waals surface area contributed by atoms with Gasteiger partial charge in [0.2, 0.25) is 0 Å². The molecule has 0 aromatic carbocycles. The van der Waals surface area contributed by atoms with Crippen molar-refractivity contribution >= 4 is 23.4 Å². The van der Waals surface area contributed by atoms with Crippen LogP contribution in [0.25, 0.3) is 0 Å². The van der Waals surface area contributed by atoms with Gasteiger partial charge in [0.25, 0.3) is 5.72 Å². The molecule has 1 atom stereocenters. The fraction of sp³-hybridized carbons (Fsp3) is 0.750. The molecular formula is C8H11F3N2OS. The van der Waals surface area contributed by atoms with Crippen LogP contribution in [0.2, 0.25) is 0 Å². The Bertz CT molecular complexity index is 303. The molecular weight excluding hydrogens is 229 g/mol. The Morgan fingerprint density at radius 3 is 2.40 bits per heavy atom. The van der Waals surface area contributed by atoms with E-state index in [2.05, 4.69) is 17.3 Å². The van der Waals surface area contributed by atoms with Gasteiger partial charge >= 0.3 is 6.18 Å². The van der Waals surface area contributed by atoms with Gasteiger partial charge in [0.05, 0.1) is 5.49 Å². The maximum Gasteiger partial charge on any atom is 0.438 e. The van der Waals surface area contributed by atoms with Crippen LogP contribution in [0.4, 0.5) is 13.2 Å². The molecule has 1 heterocycles. The molecule has 0 saturated heterocycles. The fourth-order valence-corrected chi connectivity index (χ4v) is 1.47. The minimum atomic E-state index is -4.78. The number of thiocarbonyl (C=S) groups is 1. The zero-order valence-electron chi connectivity index (χ0n) is 8.25. The van der Waals surface area contributed by atoms with E-state index < -0.39 is 18.3 Å². The summed E-state index contributed by atoms with van der Waals surface area (Å²) in [6.45, 7) is 3.42. The zero-order chi connectivity index (χ0) is 11.9. The third-order valence-corrected chi connectivity index (χ3v) is 2.46. The van der Waals surface area contributed by atoms with Crippen molar-refractivity contribution in [2.45, 2.75) is 32.2 Å². The molecule has 1 rings (SSSR count). The number of nitrogens with zero attached hydrogens (tertiary/aromatic N) is 2. The second-order valence-electron chi connectivity index (χ2n) is 3.69. The Kier molecular flexibility index (Phi) is 3.06. The van der Waals surface area contributed by atoms with Crippen molar-refractivity contribution in [1.82, 2.24) is 5.01 Å². The van der Waals surface area contributed by atoms with E-state index in [1.54, 1.807) is 13.8 Å². The summed E-state index contributed by atoms with van der Waals surface area (Å²) < 4.78 is 37.8. The van der Waals surface area contributed by atoms with E-state index in [1.807, 2.05) is 0 Å². The first-order valence-corrected chi connectivity index (χ1v) is 4.80. The third-order valence-electron chi connectivity index (χ3n) is 2.26. The summed E-state index contributed by atoms with van der Waals surface area (Å²) in [6.07, 6.45) is -5.33. The summed E-state index contributed by atoms with van der Waals surface area (Å²) in [4.78, 5) is 0. The second kappa shape index (κ2) is 3.71. The molecule has 1 aliphatic rings. The summed E-state index contributed by atoms with van der Waals surface area (Å²) in [7, 11) is 0. The third kappa shape index (κ3) is 1.98. The van der Waals surface area contributed by atoms with Gasteiger partial charge in [-0.25, -0.2) is 5.01 Å². The quantitative estimate of drug-likeness (QED) is 0.749. The first-order chi connectivity index (χ1) is 6.72. The van der Waals surface area contributed by atoms with Crippen molar-refractivity contribution in [2.75, 3.05) is 0 Å². The van der Waals surface area contributed by atoms with Crippen LogP contribution < -0.4 is 0 Å². The lowest BCUT2D eigenvalue weighted by atomic mass is 9.99. The highest BCUT2D eigenvalue weighted by Crippen LogP contribution is 2.40. The van der Waals surface area contributed by atoms with Crippen molar-refractivity contribution in [2.24, 2.45) is 11.0 Å². The molecule has 0 aromatic rings. The molecule has 0 aliphatic carbocycles. The normalized spacial score (nSPS) is 27.1. The van der Waals surface area contributed by atoms with Crippen molar-refractivity contribution in [1.29, 1.82) is 0 Å². The van der Waals surface area contributed by atoms with Gasteiger partial charge in [0.15, 0.2) is 0 Å². The predicted molar refractivity (Wildman–Crippen MR) is 53.4 cm³/mol. The topological polar surface area (TPSA) is 35.8 Å². The van der Waals surface area contributed by atoms with E-state index in [0.717, 1.165) is 0 Å². The Labute approximate surface area is 90.6 Å². The highest BCUT2D eigenvalue weighted by Gasteiger charge is 2.61. The highest BCUT2D eigenvalue weighted by molar-refractivity contribution is 7.78. The molecule has 3 nitrogen and oxygen atoms in total. The molecule has 0 fully saturated rings. The Hall–Kier alpha value is -0.690. The van der Waals surface area contributed by atoms with E-state index in [4.69, 9.17) is 0 Å². The summed E-state index contributed by atoms with van der Waals surface area (Å²) in [5.74, 6) is -0.154. The van der Waals surface area contributed by atoms with E-state index in [1.165, 1.54) is 0 Å².